The van der Waals surface area contributed by atoms with E-state index < -0.39 is 0 Å². The smallest absolute Gasteiger partial charge is 0.257 e. The van der Waals surface area contributed by atoms with E-state index in [-0.39, 0.29) is 5.91 Å². The van der Waals surface area contributed by atoms with Crippen LogP contribution in [0.25, 0.3) is 0 Å². The zero-order valence-corrected chi connectivity index (χ0v) is 12.0. The molecule has 1 aromatic rings. The average molecular weight is 271 g/mol. The molecule has 0 bridgehead atoms. The highest BCUT2D eigenvalue weighted by Crippen LogP contribution is 2.33. The molecule has 0 radical (unpaired) electrons. The largest absolute Gasteiger partial charge is 0.496 e. The lowest BCUT2D eigenvalue weighted by molar-refractivity contribution is 0.0739. The number of rotatable bonds is 2. The summed E-state index contributed by atoms with van der Waals surface area (Å²) in [6.45, 7) is 1.69. The maximum Gasteiger partial charge on any atom is 0.257 e. The van der Waals surface area contributed by atoms with Crippen LogP contribution >= 0.6 is 0 Å². The van der Waals surface area contributed by atoms with E-state index in [1.54, 1.807) is 18.3 Å². The van der Waals surface area contributed by atoms with Gasteiger partial charge >= 0.3 is 0 Å². The predicted octanol–water partition coefficient (Wildman–Crippen LogP) is 3.41. The number of hydrogen-bond acceptors (Lipinski definition) is 2. The Morgan fingerprint density at radius 3 is 2.30 bits per heavy atom. The second-order valence-corrected chi connectivity index (χ2v) is 5.55. The fraction of sp³-hybridized carbons (Fsp3) is 0.471. The molecule has 3 rings (SSSR count). The first-order chi connectivity index (χ1) is 9.79. The third-order valence-electron chi connectivity index (χ3n) is 4.45. The standard InChI is InChI=1S/C17H21NO2/c1-20-16-8-3-2-7-15(16)17(19)18-11-9-14(10-12-18)13-5-4-6-13/h2-3,7-8H,4-6,9-12H2,1H3. The van der Waals surface area contributed by atoms with Gasteiger partial charge in [-0.05, 0) is 44.2 Å². The van der Waals surface area contributed by atoms with E-state index in [1.165, 1.54) is 19.3 Å². The number of benzene rings is 1. The molecular weight excluding hydrogens is 250 g/mol. The summed E-state index contributed by atoms with van der Waals surface area (Å²) >= 11 is 0. The minimum absolute atomic E-state index is 0.0973. The predicted molar refractivity (Wildman–Crippen MR) is 79.0 cm³/mol. The van der Waals surface area contributed by atoms with Crippen molar-refractivity contribution in [1.82, 2.24) is 4.90 Å². The van der Waals surface area contributed by atoms with Gasteiger partial charge in [-0.15, -0.1) is 0 Å². The Morgan fingerprint density at radius 1 is 1.05 bits per heavy atom. The van der Waals surface area contributed by atoms with Crippen LogP contribution in [0.2, 0.25) is 0 Å². The van der Waals surface area contributed by atoms with Gasteiger partial charge in [-0.3, -0.25) is 4.79 Å². The molecule has 0 unspecified atom stereocenters. The molecule has 1 heterocycles. The monoisotopic (exact) mass is 271 g/mol. The van der Waals surface area contributed by atoms with E-state index in [4.69, 9.17) is 4.74 Å². The molecule has 0 atom stereocenters. The van der Waals surface area contributed by atoms with Crippen molar-refractivity contribution in [3.63, 3.8) is 0 Å². The van der Waals surface area contributed by atoms with Crippen LogP contribution < -0.4 is 4.74 Å². The van der Waals surface area contributed by atoms with Gasteiger partial charge in [0.25, 0.3) is 5.91 Å². The molecule has 1 aliphatic heterocycles. The van der Waals surface area contributed by atoms with Gasteiger partial charge in [0.2, 0.25) is 0 Å². The van der Waals surface area contributed by atoms with Gasteiger partial charge in [0, 0.05) is 13.1 Å². The Kier molecular flexibility index (Phi) is 3.77. The minimum Gasteiger partial charge on any atom is -0.496 e. The summed E-state index contributed by atoms with van der Waals surface area (Å²) in [7, 11) is 1.61. The van der Waals surface area contributed by atoms with Crippen LogP contribution in [0.3, 0.4) is 0 Å². The fourth-order valence-corrected chi connectivity index (χ4v) is 3.03. The summed E-state index contributed by atoms with van der Waals surface area (Å²) in [6.07, 6.45) is 6.03. The Balaban J connectivity index is 1.70. The molecule has 0 N–H and O–H groups in total. The van der Waals surface area contributed by atoms with Crippen molar-refractivity contribution in [2.24, 2.45) is 0 Å². The summed E-state index contributed by atoms with van der Waals surface area (Å²) < 4.78 is 5.29. The Morgan fingerprint density at radius 2 is 1.70 bits per heavy atom. The van der Waals surface area contributed by atoms with Crippen LogP contribution in [0.5, 0.6) is 5.75 Å². The van der Waals surface area contributed by atoms with Crippen molar-refractivity contribution in [2.45, 2.75) is 32.1 Å². The number of carbonyl (C=O) groups is 1. The van der Waals surface area contributed by atoms with Crippen LogP contribution in [0.15, 0.2) is 35.4 Å². The van der Waals surface area contributed by atoms with Crippen LogP contribution in [0.1, 0.15) is 42.5 Å². The summed E-state index contributed by atoms with van der Waals surface area (Å²) in [4.78, 5) is 14.5. The van der Waals surface area contributed by atoms with Crippen LogP contribution in [0.4, 0.5) is 0 Å². The zero-order valence-electron chi connectivity index (χ0n) is 12.0. The minimum atomic E-state index is 0.0973. The molecule has 2 fully saturated rings. The Hall–Kier alpha value is -1.77. The number of carbonyl (C=O) groups excluding carboxylic acids is 1. The van der Waals surface area contributed by atoms with Crippen molar-refractivity contribution < 1.29 is 9.53 Å². The summed E-state index contributed by atoms with van der Waals surface area (Å²) in [5, 5.41) is 0. The van der Waals surface area contributed by atoms with Crippen molar-refractivity contribution in [1.29, 1.82) is 0 Å². The van der Waals surface area contributed by atoms with Gasteiger partial charge in [0.15, 0.2) is 0 Å². The van der Waals surface area contributed by atoms with Crippen LogP contribution in [-0.4, -0.2) is 31.0 Å². The second kappa shape index (κ2) is 5.70. The number of piperidine rings is 1. The van der Waals surface area contributed by atoms with Gasteiger partial charge < -0.3 is 9.64 Å². The number of likely N-dealkylation sites (tertiary alicyclic amines) is 1. The first kappa shape index (κ1) is 13.2. The lowest BCUT2D eigenvalue weighted by atomic mass is 9.84. The molecule has 1 saturated heterocycles. The first-order valence-electron chi connectivity index (χ1n) is 7.41. The quantitative estimate of drug-likeness (QED) is 0.771. The highest BCUT2D eigenvalue weighted by atomic mass is 16.5. The molecule has 106 valence electrons. The van der Waals surface area contributed by atoms with Crippen LogP contribution in [0, 0.1) is 0 Å². The third kappa shape index (κ3) is 2.45. The van der Waals surface area contributed by atoms with E-state index >= 15 is 0 Å². The molecule has 1 aliphatic carbocycles. The normalized spacial score (nSPS) is 18.8. The molecule has 0 aromatic heterocycles. The van der Waals surface area contributed by atoms with Crippen molar-refractivity contribution in [3.05, 3.63) is 41.0 Å². The Bertz CT molecular complexity index is 532. The number of amides is 1. The fourth-order valence-electron chi connectivity index (χ4n) is 3.03. The maximum absolute atomic E-state index is 12.6. The van der Waals surface area contributed by atoms with E-state index in [0.29, 0.717) is 11.3 Å². The number of nitrogens with zero attached hydrogens (tertiary/aromatic N) is 1. The number of hydrogen-bond donors (Lipinski definition) is 0. The van der Waals surface area contributed by atoms with E-state index in [1.807, 2.05) is 29.2 Å². The van der Waals surface area contributed by atoms with Gasteiger partial charge in [-0.25, -0.2) is 0 Å². The maximum atomic E-state index is 12.6. The van der Waals surface area contributed by atoms with Gasteiger partial charge in [0.05, 0.1) is 12.7 Å². The summed E-state index contributed by atoms with van der Waals surface area (Å²) in [6, 6.07) is 7.48. The van der Waals surface area contributed by atoms with Gasteiger partial charge in [-0.2, -0.15) is 0 Å². The third-order valence-corrected chi connectivity index (χ3v) is 4.45. The number of methoxy groups -OCH3 is 1. The lowest BCUT2D eigenvalue weighted by Crippen LogP contribution is -2.37. The number of allylic oxidation sites excluding steroid dienone is 1. The average Bonchev–Trinajstić information content (AvgIpc) is 2.45. The first-order valence-corrected chi connectivity index (χ1v) is 7.41. The van der Waals surface area contributed by atoms with E-state index in [9.17, 15) is 4.79 Å². The molecule has 1 amide bonds. The topological polar surface area (TPSA) is 29.5 Å². The zero-order chi connectivity index (χ0) is 13.9. The lowest BCUT2D eigenvalue weighted by Gasteiger charge is -2.32. The summed E-state index contributed by atoms with van der Waals surface area (Å²) in [5.74, 6) is 0.765. The number of ether oxygens (including phenoxy) is 1. The van der Waals surface area contributed by atoms with Gasteiger partial charge in [-0.1, -0.05) is 23.3 Å². The van der Waals surface area contributed by atoms with Gasteiger partial charge in [0.1, 0.15) is 5.75 Å². The second-order valence-electron chi connectivity index (χ2n) is 5.55. The van der Waals surface area contributed by atoms with E-state index in [2.05, 4.69) is 0 Å². The molecule has 1 saturated carbocycles. The summed E-state index contributed by atoms with van der Waals surface area (Å²) in [5.41, 5.74) is 3.95. The van der Waals surface area contributed by atoms with E-state index in [0.717, 1.165) is 25.9 Å². The highest BCUT2D eigenvalue weighted by Gasteiger charge is 2.24. The molecule has 1 aromatic carbocycles. The molecule has 0 spiro atoms. The van der Waals surface area contributed by atoms with Crippen molar-refractivity contribution in [3.8, 4) is 5.75 Å². The highest BCUT2D eigenvalue weighted by molar-refractivity contribution is 5.97. The van der Waals surface area contributed by atoms with Crippen LogP contribution in [-0.2, 0) is 0 Å². The molecule has 20 heavy (non-hydrogen) atoms. The van der Waals surface area contributed by atoms with Crippen molar-refractivity contribution >= 4 is 5.91 Å². The SMILES string of the molecule is COc1ccccc1C(=O)N1CCC(=C2CCC2)CC1. The molecular formula is C17H21NO2. The number of para-hydroxylation sites is 1. The molecule has 3 nitrogen and oxygen atoms in total. The molecule has 3 heteroatoms. The Labute approximate surface area is 120 Å². The molecule has 2 aliphatic rings. The van der Waals surface area contributed by atoms with Crippen molar-refractivity contribution in [2.75, 3.05) is 20.2 Å².